The fourth-order valence-corrected chi connectivity index (χ4v) is 3.29. The van der Waals surface area contributed by atoms with E-state index in [2.05, 4.69) is 57.2 Å². The second-order valence-corrected chi connectivity index (χ2v) is 7.04. The number of rotatable bonds is 7. The zero-order chi connectivity index (χ0) is 17.9. The molecule has 0 spiro atoms. The Kier molecular flexibility index (Phi) is 4.65. The minimum absolute atomic E-state index is 0.0450. The highest BCUT2D eigenvalue weighted by Gasteiger charge is 2.29. The molecular weight excluding hydrogens is 326 g/mol. The second-order valence-electron chi connectivity index (χ2n) is 7.04. The van der Waals surface area contributed by atoms with E-state index in [4.69, 9.17) is 0 Å². The van der Waals surface area contributed by atoms with Gasteiger partial charge in [0.1, 0.15) is 0 Å². The van der Waals surface area contributed by atoms with Crippen molar-refractivity contribution in [3.8, 4) is 0 Å². The number of nitrogens with zero attached hydrogens (tertiary/aromatic N) is 4. The number of fused-ring (bicyclic) bond motifs is 1. The summed E-state index contributed by atoms with van der Waals surface area (Å²) in [5.41, 5.74) is 1.27. The van der Waals surface area contributed by atoms with E-state index in [1.54, 1.807) is 0 Å². The summed E-state index contributed by atoms with van der Waals surface area (Å²) in [5.74, 6) is 0.791. The molecule has 4 rings (SSSR count). The molecule has 1 unspecified atom stereocenters. The second kappa shape index (κ2) is 7.23. The summed E-state index contributed by atoms with van der Waals surface area (Å²) < 4.78 is 1.85. The van der Waals surface area contributed by atoms with Crippen LogP contribution in [0, 0.1) is 0 Å². The zero-order valence-electron chi connectivity index (χ0n) is 14.9. The SMILES string of the molecule is CC(NC(=O)CCCc1ccc2ccccc2c1)c1nnnn1C1CC1. The van der Waals surface area contributed by atoms with Crippen molar-refractivity contribution in [2.24, 2.45) is 0 Å². The van der Waals surface area contributed by atoms with Gasteiger partial charge >= 0.3 is 0 Å². The molecule has 0 radical (unpaired) electrons. The monoisotopic (exact) mass is 349 g/mol. The van der Waals surface area contributed by atoms with Gasteiger partial charge in [-0.05, 0) is 59.4 Å². The Hall–Kier alpha value is -2.76. The summed E-state index contributed by atoms with van der Waals surface area (Å²) in [5, 5.41) is 17.4. The molecule has 134 valence electrons. The third-order valence-electron chi connectivity index (χ3n) is 4.86. The van der Waals surface area contributed by atoms with Gasteiger partial charge in [0, 0.05) is 6.42 Å². The smallest absolute Gasteiger partial charge is 0.220 e. The van der Waals surface area contributed by atoms with Gasteiger partial charge in [-0.25, -0.2) is 4.68 Å². The van der Waals surface area contributed by atoms with E-state index in [0.717, 1.165) is 31.5 Å². The van der Waals surface area contributed by atoms with Crippen LogP contribution in [-0.2, 0) is 11.2 Å². The van der Waals surface area contributed by atoms with Crippen LogP contribution in [0.1, 0.15) is 56.1 Å². The summed E-state index contributed by atoms with van der Waals surface area (Å²) >= 11 is 0. The van der Waals surface area contributed by atoms with Crippen LogP contribution in [0.25, 0.3) is 10.8 Å². The summed E-state index contributed by atoms with van der Waals surface area (Å²) in [6, 6.07) is 15.1. The molecule has 0 bridgehead atoms. The molecule has 1 amide bonds. The van der Waals surface area contributed by atoms with Crippen LogP contribution in [0.2, 0.25) is 0 Å². The normalized spacial score (nSPS) is 15.1. The molecule has 1 aromatic heterocycles. The van der Waals surface area contributed by atoms with E-state index < -0.39 is 0 Å². The number of carbonyl (C=O) groups excluding carboxylic acids is 1. The van der Waals surface area contributed by atoms with E-state index >= 15 is 0 Å². The maximum Gasteiger partial charge on any atom is 0.220 e. The van der Waals surface area contributed by atoms with E-state index in [0.29, 0.717) is 12.5 Å². The van der Waals surface area contributed by atoms with Gasteiger partial charge < -0.3 is 5.32 Å². The predicted octanol–water partition coefficient (Wildman–Crippen LogP) is 3.36. The van der Waals surface area contributed by atoms with Crippen molar-refractivity contribution in [1.29, 1.82) is 0 Å². The lowest BCUT2D eigenvalue weighted by Crippen LogP contribution is -2.28. The van der Waals surface area contributed by atoms with Crippen LogP contribution in [0.15, 0.2) is 42.5 Å². The first-order chi connectivity index (χ1) is 12.7. The number of benzene rings is 2. The van der Waals surface area contributed by atoms with Crippen LogP contribution in [-0.4, -0.2) is 26.1 Å². The molecule has 3 aromatic rings. The number of hydrogen-bond acceptors (Lipinski definition) is 4. The van der Waals surface area contributed by atoms with Crippen molar-refractivity contribution in [2.45, 2.75) is 51.1 Å². The number of aromatic nitrogens is 4. The van der Waals surface area contributed by atoms with Gasteiger partial charge in [0.15, 0.2) is 5.82 Å². The van der Waals surface area contributed by atoms with Crippen molar-refractivity contribution in [1.82, 2.24) is 25.5 Å². The third kappa shape index (κ3) is 3.74. The van der Waals surface area contributed by atoms with Gasteiger partial charge in [0.2, 0.25) is 5.91 Å². The van der Waals surface area contributed by atoms with E-state index in [1.165, 1.54) is 16.3 Å². The Morgan fingerprint density at radius 1 is 1.23 bits per heavy atom. The van der Waals surface area contributed by atoms with Crippen LogP contribution in [0.5, 0.6) is 0 Å². The van der Waals surface area contributed by atoms with Gasteiger partial charge in [0.05, 0.1) is 12.1 Å². The minimum Gasteiger partial charge on any atom is -0.346 e. The summed E-state index contributed by atoms with van der Waals surface area (Å²) in [6.07, 6.45) is 4.45. The molecule has 6 heteroatoms. The fraction of sp³-hybridized carbons (Fsp3) is 0.400. The molecule has 1 heterocycles. The lowest BCUT2D eigenvalue weighted by Gasteiger charge is -2.13. The molecule has 2 aromatic carbocycles. The molecule has 1 atom stereocenters. The molecule has 0 saturated heterocycles. The quantitative estimate of drug-likeness (QED) is 0.710. The minimum atomic E-state index is -0.168. The van der Waals surface area contributed by atoms with Crippen LogP contribution >= 0.6 is 0 Å². The number of hydrogen-bond donors (Lipinski definition) is 1. The van der Waals surface area contributed by atoms with Crippen LogP contribution < -0.4 is 5.32 Å². The summed E-state index contributed by atoms with van der Waals surface area (Å²) in [4.78, 5) is 12.3. The number of amides is 1. The van der Waals surface area contributed by atoms with E-state index in [9.17, 15) is 4.79 Å². The van der Waals surface area contributed by atoms with Crippen molar-refractivity contribution in [3.05, 3.63) is 53.9 Å². The number of carbonyl (C=O) groups is 1. The lowest BCUT2D eigenvalue weighted by atomic mass is 10.0. The molecule has 1 fully saturated rings. The first-order valence-corrected chi connectivity index (χ1v) is 9.25. The molecule has 1 saturated carbocycles. The van der Waals surface area contributed by atoms with Gasteiger partial charge in [-0.15, -0.1) is 5.10 Å². The van der Waals surface area contributed by atoms with Crippen LogP contribution in [0.3, 0.4) is 0 Å². The van der Waals surface area contributed by atoms with Gasteiger partial charge in [-0.1, -0.05) is 42.5 Å². The first kappa shape index (κ1) is 16.7. The Labute approximate surface area is 152 Å². The third-order valence-corrected chi connectivity index (χ3v) is 4.86. The maximum atomic E-state index is 12.3. The Morgan fingerprint density at radius 3 is 2.85 bits per heavy atom. The topological polar surface area (TPSA) is 72.7 Å². The molecule has 1 N–H and O–H groups in total. The van der Waals surface area contributed by atoms with Crippen LogP contribution in [0.4, 0.5) is 0 Å². The highest BCUT2D eigenvalue weighted by atomic mass is 16.1. The summed E-state index contributed by atoms with van der Waals surface area (Å²) in [6.45, 7) is 1.94. The van der Waals surface area contributed by atoms with Crippen molar-refractivity contribution in [3.63, 3.8) is 0 Å². The Bertz CT molecular complexity index is 915. The van der Waals surface area contributed by atoms with E-state index in [1.807, 2.05) is 17.7 Å². The average Bonchev–Trinajstić information content (AvgIpc) is 3.37. The van der Waals surface area contributed by atoms with Gasteiger partial charge in [0.25, 0.3) is 0 Å². The number of aryl methyl sites for hydroxylation is 1. The maximum absolute atomic E-state index is 12.3. The lowest BCUT2D eigenvalue weighted by molar-refractivity contribution is -0.121. The van der Waals surface area contributed by atoms with Gasteiger partial charge in [-0.3, -0.25) is 4.79 Å². The van der Waals surface area contributed by atoms with Gasteiger partial charge in [-0.2, -0.15) is 0 Å². The Balaban J connectivity index is 1.28. The van der Waals surface area contributed by atoms with Crippen molar-refractivity contribution >= 4 is 16.7 Å². The summed E-state index contributed by atoms with van der Waals surface area (Å²) in [7, 11) is 0. The average molecular weight is 349 g/mol. The standard InChI is InChI=1S/C20H23N5O/c1-14(20-22-23-24-25(20)18-11-12-18)21-19(26)8-4-5-15-9-10-16-6-2-3-7-17(16)13-15/h2-3,6-7,9-10,13-14,18H,4-5,8,11-12H2,1H3,(H,21,26). The molecule has 0 aliphatic heterocycles. The Morgan fingerprint density at radius 2 is 2.04 bits per heavy atom. The van der Waals surface area contributed by atoms with E-state index in [-0.39, 0.29) is 11.9 Å². The fourth-order valence-electron chi connectivity index (χ4n) is 3.29. The molecular formula is C20H23N5O. The number of tetrazole rings is 1. The highest BCUT2D eigenvalue weighted by Crippen LogP contribution is 2.35. The number of nitrogens with one attached hydrogen (secondary N) is 1. The predicted molar refractivity (Wildman–Crippen MR) is 99.5 cm³/mol. The largest absolute Gasteiger partial charge is 0.346 e. The highest BCUT2D eigenvalue weighted by molar-refractivity contribution is 5.83. The molecule has 1 aliphatic rings. The van der Waals surface area contributed by atoms with Crippen molar-refractivity contribution in [2.75, 3.05) is 0 Å². The molecule has 26 heavy (non-hydrogen) atoms. The first-order valence-electron chi connectivity index (χ1n) is 9.25. The zero-order valence-corrected chi connectivity index (χ0v) is 14.9. The molecule has 6 nitrogen and oxygen atoms in total. The molecule has 1 aliphatic carbocycles. The van der Waals surface area contributed by atoms with Crippen molar-refractivity contribution < 1.29 is 4.79 Å².